The van der Waals surface area contributed by atoms with Crippen molar-refractivity contribution < 1.29 is 0 Å². The normalized spacial score (nSPS) is 14.4. The van der Waals surface area contributed by atoms with Gasteiger partial charge in [0.05, 0.1) is 0 Å². The van der Waals surface area contributed by atoms with Crippen LogP contribution in [0.25, 0.3) is 0 Å². The first kappa shape index (κ1) is 29.4. The van der Waals surface area contributed by atoms with Gasteiger partial charge in [-0.2, -0.15) is 0 Å². The minimum Gasteiger partial charge on any atom is -0.0683 e. The van der Waals surface area contributed by atoms with Crippen molar-refractivity contribution in [3.05, 3.63) is 70.3 Å². The molecule has 1 unspecified atom stereocenters. The van der Waals surface area contributed by atoms with Crippen LogP contribution in [0.5, 0.6) is 0 Å². The van der Waals surface area contributed by atoms with Gasteiger partial charge >= 0.3 is 0 Å². The number of fused-ring (bicyclic) bond motifs is 1. The fourth-order valence-electron chi connectivity index (χ4n) is 4.23. The summed E-state index contributed by atoms with van der Waals surface area (Å²) in [6.07, 6.45) is 2.66. The Morgan fingerprint density at radius 2 is 1.13 bits per heavy atom. The topological polar surface area (TPSA) is 0 Å². The predicted octanol–water partition coefficient (Wildman–Crippen LogP) is 10.5. The lowest BCUT2D eigenvalue weighted by Crippen LogP contribution is -2.02. The molecular weight excluding hydrogens is 372 g/mol. The first-order chi connectivity index (χ1) is 14.7. The van der Waals surface area contributed by atoms with Crippen LogP contribution in [-0.4, -0.2) is 0 Å². The zero-order valence-electron chi connectivity index (χ0n) is 22.8. The van der Waals surface area contributed by atoms with Crippen LogP contribution >= 0.6 is 0 Å². The van der Waals surface area contributed by atoms with Crippen LogP contribution in [-0.2, 0) is 6.42 Å². The highest BCUT2D eigenvalue weighted by Gasteiger charge is 2.26. The minimum absolute atomic E-state index is 0.642. The van der Waals surface area contributed by atoms with Gasteiger partial charge in [0.2, 0.25) is 0 Å². The molecule has 0 heterocycles. The fourth-order valence-corrected chi connectivity index (χ4v) is 4.23. The van der Waals surface area contributed by atoms with Gasteiger partial charge in [0.25, 0.3) is 0 Å². The molecule has 0 bridgehead atoms. The Labute approximate surface area is 195 Å². The Hall–Kier alpha value is -1.56. The van der Waals surface area contributed by atoms with Crippen molar-refractivity contribution >= 4 is 0 Å². The summed E-state index contributed by atoms with van der Waals surface area (Å²) in [6.45, 7) is 26.2. The molecule has 3 rings (SSSR count). The predicted molar refractivity (Wildman–Crippen MR) is 144 cm³/mol. The molecule has 0 radical (unpaired) electrons. The molecule has 1 aliphatic rings. The third-order valence-corrected chi connectivity index (χ3v) is 6.02. The fraction of sp³-hybridized carbons (Fsp3) is 0.613. The lowest BCUT2D eigenvalue weighted by molar-refractivity contribution is 0.496. The molecule has 2 aromatic carbocycles. The van der Waals surface area contributed by atoms with Gasteiger partial charge in [-0.3, -0.25) is 0 Å². The van der Waals surface area contributed by atoms with Crippen LogP contribution in [0.15, 0.2) is 42.5 Å². The van der Waals surface area contributed by atoms with Gasteiger partial charge in [0.1, 0.15) is 0 Å². The number of rotatable bonds is 4. The quantitative estimate of drug-likeness (QED) is 0.458. The summed E-state index contributed by atoms with van der Waals surface area (Å²) in [5.74, 6) is 3.55. The molecule has 0 nitrogen and oxygen atoms in total. The van der Waals surface area contributed by atoms with Crippen molar-refractivity contribution in [1.29, 1.82) is 0 Å². The molecule has 0 spiro atoms. The third-order valence-electron chi connectivity index (χ3n) is 6.02. The summed E-state index contributed by atoms with van der Waals surface area (Å²) in [5.41, 5.74) is 7.76. The van der Waals surface area contributed by atoms with E-state index in [1.165, 1.54) is 24.0 Å². The highest BCUT2D eigenvalue weighted by Crippen LogP contribution is 2.41. The van der Waals surface area contributed by atoms with E-state index in [2.05, 4.69) is 97.9 Å². The summed E-state index contributed by atoms with van der Waals surface area (Å²) in [7, 11) is 0. The second-order valence-electron chi connectivity index (χ2n) is 9.44. The second kappa shape index (κ2) is 15.3. The summed E-state index contributed by atoms with van der Waals surface area (Å²) in [6, 6.07) is 15.8. The van der Waals surface area contributed by atoms with Crippen LogP contribution in [0.1, 0.15) is 141 Å². The van der Waals surface area contributed by atoms with Gasteiger partial charge < -0.3 is 0 Å². The van der Waals surface area contributed by atoms with E-state index in [1.807, 2.05) is 27.7 Å². The molecule has 0 fully saturated rings. The van der Waals surface area contributed by atoms with E-state index in [4.69, 9.17) is 0 Å². The van der Waals surface area contributed by atoms with Gasteiger partial charge in [-0.15, -0.1) is 0 Å². The van der Waals surface area contributed by atoms with E-state index < -0.39 is 0 Å². The Morgan fingerprint density at radius 3 is 1.55 bits per heavy atom. The van der Waals surface area contributed by atoms with E-state index >= 15 is 0 Å². The maximum atomic E-state index is 2.35. The van der Waals surface area contributed by atoms with Crippen LogP contribution in [0, 0.1) is 5.92 Å². The zero-order valence-corrected chi connectivity index (χ0v) is 22.8. The number of hydrogen-bond donors (Lipinski definition) is 0. The van der Waals surface area contributed by atoms with Gasteiger partial charge in [-0.25, -0.2) is 0 Å². The Bertz CT molecular complexity index is 695. The summed E-state index contributed by atoms with van der Waals surface area (Å²) >= 11 is 0. The maximum absolute atomic E-state index is 2.35. The van der Waals surface area contributed by atoms with Crippen molar-refractivity contribution in [2.75, 3.05) is 0 Å². The Kier molecular flexibility index (Phi) is 14.5. The van der Waals surface area contributed by atoms with E-state index in [-0.39, 0.29) is 0 Å². The molecule has 0 saturated carbocycles. The first-order valence-electron chi connectivity index (χ1n) is 12.9. The van der Waals surface area contributed by atoms with E-state index in [0.717, 1.165) is 11.8 Å². The third kappa shape index (κ3) is 8.83. The second-order valence-corrected chi connectivity index (χ2v) is 9.44. The molecule has 0 aliphatic heterocycles. The standard InChI is InChI=1S/C15H22.C12H18.2C2H6/c1-10(2)12-6-5-7-14-13(11(3)4)8-9-15(12)14;1-9(2)11-6-5-7-12(8-11)10(3)4;2*1-2/h5-7,10-11,13H,8-9H2,1-4H3;5-10H,1-4H3;2*1-2H3. The van der Waals surface area contributed by atoms with Crippen molar-refractivity contribution in [1.82, 2.24) is 0 Å². The smallest absolute Gasteiger partial charge is 0.0133 e. The maximum Gasteiger partial charge on any atom is -0.0133 e. The molecule has 0 aromatic heterocycles. The summed E-state index contributed by atoms with van der Waals surface area (Å²) in [4.78, 5) is 0. The number of hydrogen-bond acceptors (Lipinski definition) is 0. The highest BCUT2D eigenvalue weighted by atomic mass is 14.3. The van der Waals surface area contributed by atoms with Crippen molar-refractivity contribution in [2.45, 2.75) is 120 Å². The number of benzene rings is 2. The SMILES string of the molecule is CC.CC.CC(C)c1cccc(C(C)C)c1.CC(C)c1cccc2c1CCC2C(C)C. The Balaban J connectivity index is 0.000000510. The highest BCUT2D eigenvalue weighted by molar-refractivity contribution is 5.42. The van der Waals surface area contributed by atoms with Gasteiger partial charge in [-0.05, 0) is 70.2 Å². The van der Waals surface area contributed by atoms with E-state index in [0.29, 0.717) is 17.8 Å². The van der Waals surface area contributed by atoms with Crippen LogP contribution in [0.4, 0.5) is 0 Å². The molecule has 0 saturated heterocycles. The summed E-state index contributed by atoms with van der Waals surface area (Å²) in [5, 5.41) is 0. The molecule has 1 atom stereocenters. The minimum atomic E-state index is 0.642. The van der Waals surface area contributed by atoms with Crippen molar-refractivity contribution in [2.24, 2.45) is 5.92 Å². The van der Waals surface area contributed by atoms with Gasteiger partial charge in [0, 0.05) is 0 Å². The van der Waals surface area contributed by atoms with Crippen molar-refractivity contribution in [3.8, 4) is 0 Å². The first-order valence-corrected chi connectivity index (χ1v) is 12.9. The summed E-state index contributed by atoms with van der Waals surface area (Å²) < 4.78 is 0. The zero-order chi connectivity index (χ0) is 24.1. The molecular formula is C31H52. The average molecular weight is 425 g/mol. The Morgan fingerprint density at radius 1 is 0.645 bits per heavy atom. The van der Waals surface area contributed by atoms with Gasteiger partial charge in [0.15, 0.2) is 0 Å². The molecule has 31 heavy (non-hydrogen) atoms. The molecule has 0 N–H and O–H groups in total. The lowest BCUT2D eigenvalue weighted by atomic mass is 9.88. The van der Waals surface area contributed by atoms with Crippen LogP contribution < -0.4 is 0 Å². The molecule has 176 valence electrons. The van der Waals surface area contributed by atoms with E-state index in [9.17, 15) is 0 Å². The molecule has 2 aromatic rings. The van der Waals surface area contributed by atoms with Crippen LogP contribution in [0.2, 0.25) is 0 Å². The average Bonchev–Trinajstić information content (AvgIpc) is 3.21. The van der Waals surface area contributed by atoms with Gasteiger partial charge in [-0.1, -0.05) is 126 Å². The van der Waals surface area contributed by atoms with Crippen molar-refractivity contribution in [3.63, 3.8) is 0 Å². The largest absolute Gasteiger partial charge is 0.0683 e. The van der Waals surface area contributed by atoms with Crippen LogP contribution in [0.3, 0.4) is 0 Å². The molecule has 1 aliphatic carbocycles. The molecule has 0 heteroatoms. The van der Waals surface area contributed by atoms with E-state index in [1.54, 1.807) is 16.7 Å². The monoisotopic (exact) mass is 424 g/mol. The lowest BCUT2D eigenvalue weighted by Gasteiger charge is -2.17. The molecule has 0 amide bonds.